The van der Waals surface area contributed by atoms with Crippen LogP contribution in [0.3, 0.4) is 0 Å². The van der Waals surface area contributed by atoms with Gasteiger partial charge in [-0.3, -0.25) is 4.79 Å². The van der Waals surface area contributed by atoms with Crippen molar-refractivity contribution in [3.8, 4) is 17.0 Å². The maximum atomic E-state index is 12.1. The van der Waals surface area contributed by atoms with Gasteiger partial charge >= 0.3 is 0 Å². The fraction of sp³-hybridized carbons (Fsp3) is 0.412. The van der Waals surface area contributed by atoms with Gasteiger partial charge in [0.25, 0.3) is 5.56 Å². The van der Waals surface area contributed by atoms with Crippen molar-refractivity contribution >= 4 is 0 Å². The molecule has 1 aromatic carbocycles. The summed E-state index contributed by atoms with van der Waals surface area (Å²) in [6.07, 6.45) is 0.936. The fourth-order valence-corrected chi connectivity index (χ4v) is 2.15. The molecule has 0 aliphatic rings. The highest BCUT2D eigenvalue weighted by Crippen LogP contribution is 2.25. The molecule has 5 nitrogen and oxygen atoms in total. The van der Waals surface area contributed by atoms with Crippen LogP contribution in [0.4, 0.5) is 0 Å². The van der Waals surface area contributed by atoms with Crippen molar-refractivity contribution in [3.63, 3.8) is 0 Å². The molecule has 0 radical (unpaired) electrons. The molecule has 0 spiro atoms. The molecule has 0 aliphatic heterocycles. The zero-order valence-electron chi connectivity index (χ0n) is 13.5. The molecule has 2 rings (SSSR count). The zero-order valence-corrected chi connectivity index (χ0v) is 13.5. The van der Waals surface area contributed by atoms with Crippen LogP contribution in [0.25, 0.3) is 11.3 Å². The van der Waals surface area contributed by atoms with Crippen molar-refractivity contribution in [3.05, 3.63) is 46.2 Å². The molecular formula is C17H22N2O3. The topological polar surface area (TPSA) is 64.3 Å². The van der Waals surface area contributed by atoms with Gasteiger partial charge in [0.15, 0.2) is 0 Å². The van der Waals surface area contributed by atoms with E-state index in [4.69, 9.17) is 4.74 Å². The first-order valence-electron chi connectivity index (χ1n) is 7.37. The number of aryl methyl sites for hydroxylation is 1. The molecule has 0 fully saturated rings. The summed E-state index contributed by atoms with van der Waals surface area (Å²) in [5.74, 6) is 0.764. The molecule has 22 heavy (non-hydrogen) atoms. The summed E-state index contributed by atoms with van der Waals surface area (Å²) in [6, 6.07) is 9.20. The zero-order chi connectivity index (χ0) is 16.3. The molecule has 0 unspecified atom stereocenters. The van der Waals surface area contributed by atoms with Gasteiger partial charge in [0.1, 0.15) is 5.75 Å². The second-order valence-electron chi connectivity index (χ2n) is 5.81. The first-order valence-corrected chi connectivity index (χ1v) is 7.37. The molecule has 0 saturated heterocycles. The van der Waals surface area contributed by atoms with E-state index in [2.05, 4.69) is 5.10 Å². The first kappa shape index (κ1) is 16.2. The number of ether oxygens (including phenoxy) is 1. The lowest BCUT2D eigenvalue weighted by molar-refractivity contribution is 0.0763. The number of benzene rings is 1. The van der Waals surface area contributed by atoms with Crippen LogP contribution < -0.4 is 10.3 Å². The SMILES string of the molecule is CCCOc1cccc(-c2cc(C(C)(C)O)c(=O)n(C)n2)c1. The molecule has 0 bridgehead atoms. The van der Waals surface area contributed by atoms with E-state index in [9.17, 15) is 9.90 Å². The predicted molar refractivity (Wildman–Crippen MR) is 85.9 cm³/mol. The minimum absolute atomic E-state index is 0.297. The summed E-state index contributed by atoms with van der Waals surface area (Å²) < 4.78 is 6.88. The Kier molecular flexibility index (Phi) is 4.66. The highest BCUT2D eigenvalue weighted by Gasteiger charge is 2.22. The maximum absolute atomic E-state index is 12.1. The Morgan fingerprint density at radius 3 is 2.68 bits per heavy atom. The standard InChI is InChI=1S/C17H22N2O3/c1-5-9-22-13-8-6-7-12(10-13)15-11-14(17(2,3)21)16(20)19(4)18-15/h6-8,10-11,21H,5,9H2,1-4H3. The molecule has 5 heteroatoms. The van der Waals surface area contributed by atoms with Gasteiger partial charge in [0.2, 0.25) is 0 Å². The Balaban J connectivity index is 2.49. The summed E-state index contributed by atoms with van der Waals surface area (Å²) in [7, 11) is 1.58. The third-order valence-electron chi connectivity index (χ3n) is 3.32. The lowest BCUT2D eigenvalue weighted by atomic mass is 9.98. The number of aromatic nitrogens is 2. The average Bonchev–Trinajstić information content (AvgIpc) is 2.47. The summed E-state index contributed by atoms with van der Waals surface area (Å²) in [6.45, 7) is 5.88. The van der Waals surface area contributed by atoms with E-state index in [1.807, 2.05) is 31.2 Å². The molecular weight excluding hydrogens is 280 g/mol. The summed E-state index contributed by atoms with van der Waals surface area (Å²) in [4.78, 5) is 12.1. The molecule has 2 aromatic rings. The Hall–Kier alpha value is -2.14. The monoisotopic (exact) mass is 302 g/mol. The summed E-state index contributed by atoms with van der Waals surface area (Å²) >= 11 is 0. The summed E-state index contributed by atoms with van der Waals surface area (Å²) in [5.41, 5.74) is 0.272. The highest BCUT2D eigenvalue weighted by molar-refractivity contribution is 5.61. The third-order valence-corrected chi connectivity index (χ3v) is 3.32. The average molecular weight is 302 g/mol. The maximum Gasteiger partial charge on any atom is 0.272 e. The molecule has 0 atom stereocenters. The smallest absolute Gasteiger partial charge is 0.272 e. The Bertz CT molecular complexity index is 715. The van der Waals surface area contributed by atoms with Crippen molar-refractivity contribution in [2.24, 2.45) is 7.05 Å². The molecule has 0 amide bonds. The highest BCUT2D eigenvalue weighted by atomic mass is 16.5. The largest absolute Gasteiger partial charge is 0.494 e. The van der Waals surface area contributed by atoms with Crippen LogP contribution in [0.1, 0.15) is 32.8 Å². The van der Waals surface area contributed by atoms with E-state index < -0.39 is 5.60 Å². The fourth-order valence-electron chi connectivity index (χ4n) is 2.15. The quantitative estimate of drug-likeness (QED) is 0.921. The van der Waals surface area contributed by atoms with Gasteiger partial charge in [0.05, 0.1) is 23.5 Å². The van der Waals surface area contributed by atoms with Crippen molar-refractivity contribution in [1.82, 2.24) is 9.78 Å². The predicted octanol–water partition coefficient (Wildman–Crippen LogP) is 2.46. The van der Waals surface area contributed by atoms with Gasteiger partial charge in [-0.1, -0.05) is 19.1 Å². The molecule has 0 aliphatic carbocycles. The first-order chi connectivity index (χ1) is 10.3. The van der Waals surface area contributed by atoms with E-state index in [-0.39, 0.29) is 5.56 Å². The van der Waals surface area contributed by atoms with Gasteiger partial charge in [0, 0.05) is 12.6 Å². The van der Waals surface area contributed by atoms with Crippen molar-refractivity contribution in [1.29, 1.82) is 0 Å². The molecule has 118 valence electrons. The second kappa shape index (κ2) is 6.32. The number of aliphatic hydroxyl groups is 1. The van der Waals surface area contributed by atoms with Gasteiger partial charge in [-0.2, -0.15) is 5.10 Å². The Morgan fingerprint density at radius 2 is 2.05 bits per heavy atom. The van der Waals surface area contributed by atoms with E-state index >= 15 is 0 Å². The number of rotatable bonds is 5. The van der Waals surface area contributed by atoms with Gasteiger partial charge < -0.3 is 9.84 Å². The molecule has 1 N–H and O–H groups in total. The third kappa shape index (κ3) is 3.54. The van der Waals surface area contributed by atoms with Crippen LogP contribution in [-0.4, -0.2) is 21.5 Å². The Labute approximate surface area is 130 Å². The molecule has 0 saturated carbocycles. The van der Waals surface area contributed by atoms with Crippen LogP contribution >= 0.6 is 0 Å². The van der Waals surface area contributed by atoms with Crippen molar-refractivity contribution in [2.45, 2.75) is 32.8 Å². The number of nitrogens with zero attached hydrogens (tertiary/aromatic N) is 2. The van der Waals surface area contributed by atoms with E-state index in [1.165, 1.54) is 4.68 Å². The van der Waals surface area contributed by atoms with Crippen molar-refractivity contribution < 1.29 is 9.84 Å². The minimum Gasteiger partial charge on any atom is -0.494 e. The minimum atomic E-state index is -1.22. The molecule has 1 aromatic heterocycles. The van der Waals surface area contributed by atoms with E-state index in [0.717, 1.165) is 17.7 Å². The molecule has 1 heterocycles. The van der Waals surface area contributed by atoms with Crippen LogP contribution in [0.15, 0.2) is 35.1 Å². The Morgan fingerprint density at radius 1 is 1.32 bits per heavy atom. The van der Waals surface area contributed by atoms with E-state index in [1.54, 1.807) is 27.0 Å². The van der Waals surface area contributed by atoms with Gasteiger partial charge in [-0.05, 0) is 38.5 Å². The van der Waals surface area contributed by atoms with Crippen molar-refractivity contribution in [2.75, 3.05) is 6.61 Å². The van der Waals surface area contributed by atoms with Crippen LogP contribution in [0.2, 0.25) is 0 Å². The van der Waals surface area contributed by atoms with E-state index in [0.29, 0.717) is 17.9 Å². The van der Waals surface area contributed by atoms with Gasteiger partial charge in [-0.25, -0.2) is 4.68 Å². The lowest BCUT2D eigenvalue weighted by Crippen LogP contribution is -2.32. The number of hydrogen-bond acceptors (Lipinski definition) is 4. The summed E-state index contributed by atoms with van der Waals surface area (Å²) in [5, 5.41) is 14.4. The normalized spacial score (nSPS) is 11.5. The number of hydrogen-bond donors (Lipinski definition) is 1. The van der Waals surface area contributed by atoms with Crippen LogP contribution in [0, 0.1) is 0 Å². The second-order valence-corrected chi connectivity index (χ2v) is 5.81. The van der Waals surface area contributed by atoms with Crippen LogP contribution in [0.5, 0.6) is 5.75 Å². The van der Waals surface area contributed by atoms with Gasteiger partial charge in [-0.15, -0.1) is 0 Å². The van der Waals surface area contributed by atoms with Crippen LogP contribution in [-0.2, 0) is 12.6 Å². The lowest BCUT2D eigenvalue weighted by Gasteiger charge is -2.18.